The number of halogens is 1. The summed E-state index contributed by atoms with van der Waals surface area (Å²) in [6, 6.07) is 15.4. The third kappa shape index (κ3) is 5.49. The smallest absolute Gasteiger partial charge is 0.234 e. The molecule has 0 aliphatic rings. The number of hydrogen-bond donors (Lipinski definition) is 1. The number of amides is 1. The highest BCUT2D eigenvalue weighted by atomic mass is 35.5. The lowest BCUT2D eigenvalue weighted by Crippen LogP contribution is -2.14. The Morgan fingerprint density at radius 1 is 1.24 bits per heavy atom. The van der Waals surface area contributed by atoms with Crippen LogP contribution in [0.3, 0.4) is 0 Å². The zero-order chi connectivity index (χ0) is 20.8. The van der Waals surface area contributed by atoms with E-state index >= 15 is 0 Å². The van der Waals surface area contributed by atoms with Crippen LogP contribution in [-0.4, -0.2) is 26.4 Å². The lowest BCUT2D eigenvalue weighted by atomic mass is 10.0. The van der Waals surface area contributed by atoms with Crippen LogP contribution in [0.15, 0.2) is 66.3 Å². The van der Waals surface area contributed by atoms with Crippen molar-refractivity contribution in [3.63, 3.8) is 0 Å². The first-order valence-corrected chi connectivity index (χ1v) is 10.7. The van der Waals surface area contributed by atoms with Gasteiger partial charge in [0.05, 0.1) is 5.75 Å². The fourth-order valence-corrected chi connectivity index (χ4v) is 3.75. The summed E-state index contributed by atoms with van der Waals surface area (Å²) >= 11 is 7.30. The van der Waals surface area contributed by atoms with Crippen LogP contribution in [-0.2, 0) is 11.3 Å². The Morgan fingerprint density at radius 3 is 2.66 bits per heavy atom. The molecule has 1 aromatic heterocycles. The highest BCUT2D eigenvalue weighted by Gasteiger charge is 2.15. The van der Waals surface area contributed by atoms with E-state index in [1.54, 1.807) is 30.3 Å². The lowest BCUT2D eigenvalue weighted by molar-refractivity contribution is -0.113. The van der Waals surface area contributed by atoms with Gasteiger partial charge in [-0.1, -0.05) is 73.6 Å². The summed E-state index contributed by atoms with van der Waals surface area (Å²) in [6.45, 7) is 8.72. The minimum absolute atomic E-state index is 0.131. The van der Waals surface area contributed by atoms with Gasteiger partial charge in [0.25, 0.3) is 0 Å². The van der Waals surface area contributed by atoms with E-state index in [1.165, 1.54) is 17.3 Å². The standard InChI is InChI=1S/C22H23ClN4OS/c1-4-12-27-21(17-10-8-16(9-11-17)15(2)3)25-26-22(27)29-14-20(28)24-19-7-5-6-18(23)13-19/h4-11,13,15H,1,12,14H2,2-3H3,(H,24,28). The number of hydrogen-bond acceptors (Lipinski definition) is 4. The van der Waals surface area contributed by atoms with Crippen molar-refractivity contribution < 1.29 is 4.79 Å². The molecular formula is C22H23ClN4OS. The molecular weight excluding hydrogens is 404 g/mol. The summed E-state index contributed by atoms with van der Waals surface area (Å²) in [6.07, 6.45) is 1.80. The monoisotopic (exact) mass is 426 g/mol. The van der Waals surface area contributed by atoms with Crippen molar-refractivity contribution in [2.45, 2.75) is 31.5 Å². The summed E-state index contributed by atoms with van der Waals surface area (Å²) in [5, 5.41) is 12.7. The number of benzene rings is 2. The van der Waals surface area contributed by atoms with Crippen LogP contribution in [0.2, 0.25) is 5.02 Å². The fourth-order valence-electron chi connectivity index (χ4n) is 2.81. The first-order valence-electron chi connectivity index (χ1n) is 9.30. The second-order valence-electron chi connectivity index (χ2n) is 6.83. The van der Waals surface area contributed by atoms with Gasteiger partial charge in [-0.3, -0.25) is 9.36 Å². The predicted octanol–water partition coefficient (Wildman–Crippen LogP) is 5.64. The van der Waals surface area contributed by atoms with Crippen LogP contribution in [0.1, 0.15) is 25.3 Å². The van der Waals surface area contributed by atoms with Gasteiger partial charge in [0, 0.05) is 22.8 Å². The van der Waals surface area contributed by atoms with Gasteiger partial charge in [-0.25, -0.2) is 0 Å². The van der Waals surface area contributed by atoms with E-state index in [9.17, 15) is 4.79 Å². The van der Waals surface area contributed by atoms with Gasteiger partial charge in [-0.2, -0.15) is 0 Å². The molecule has 1 heterocycles. The molecule has 150 valence electrons. The van der Waals surface area contributed by atoms with Gasteiger partial charge < -0.3 is 5.32 Å². The number of carbonyl (C=O) groups is 1. The highest BCUT2D eigenvalue weighted by molar-refractivity contribution is 7.99. The van der Waals surface area contributed by atoms with Gasteiger partial charge in [0.1, 0.15) is 0 Å². The average molecular weight is 427 g/mol. The van der Waals surface area contributed by atoms with E-state index in [0.717, 1.165) is 11.4 Å². The summed E-state index contributed by atoms with van der Waals surface area (Å²) in [5.74, 6) is 1.32. The number of aromatic nitrogens is 3. The molecule has 1 amide bonds. The van der Waals surface area contributed by atoms with Gasteiger partial charge in [0.15, 0.2) is 11.0 Å². The Kier molecular flexibility index (Phi) is 7.12. The first kappa shape index (κ1) is 21.1. The Labute approximate surface area is 180 Å². The van der Waals surface area contributed by atoms with E-state index in [1.807, 2.05) is 4.57 Å². The maximum atomic E-state index is 12.3. The SMILES string of the molecule is C=CCn1c(SCC(=O)Nc2cccc(Cl)c2)nnc1-c1ccc(C(C)C)cc1. The van der Waals surface area contributed by atoms with Crippen LogP contribution in [0.25, 0.3) is 11.4 Å². The second-order valence-corrected chi connectivity index (χ2v) is 8.21. The fraction of sp³-hybridized carbons (Fsp3) is 0.227. The zero-order valence-electron chi connectivity index (χ0n) is 16.4. The maximum absolute atomic E-state index is 12.3. The van der Waals surface area contributed by atoms with E-state index in [-0.39, 0.29) is 11.7 Å². The molecule has 2 aromatic carbocycles. The van der Waals surface area contributed by atoms with Crippen LogP contribution < -0.4 is 5.32 Å². The Hall–Kier alpha value is -2.57. The van der Waals surface area contributed by atoms with Crippen molar-refractivity contribution in [3.8, 4) is 11.4 Å². The molecule has 0 spiro atoms. The molecule has 7 heteroatoms. The predicted molar refractivity (Wildman–Crippen MR) is 121 cm³/mol. The summed E-state index contributed by atoms with van der Waals surface area (Å²) in [4.78, 5) is 12.3. The number of thioether (sulfide) groups is 1. The molecule has 5 nitrogen and oxygen atoms in total. The number of allylic oxidation sites excluding steroid dienone is 1. The quantitative estimate of drug-likeness (QED) is 0.374. The normalized spacial score (nSPS) is 10.9. The van der Waals surface area contributed by atoms with E-state index in [2.05, 4.69) is 60.2 Å². The zero-order valence-corrected chi connectivity index (χ0v) is 18.0. The van der Waals surface area contributed by atoms with Crippen molar-refractivity contribution in [1.82, 2.24) is 14.8 Å². The van der Waals surface area contributed by atoms with Crippen molar-refractivity contribution in [2.24, 2.45) is 0 Å². The van der Waals surface area contributed by atoms with Crippen LogP contribution in [0.4, 0.5) is 5.69 Å². The summed E-state index contributed by atoms with van der Waals surface area (Å²) in [5.41, 5.74) is 2.93. The maximum Gasteiger partial charge on any atom is 0.234 e. The molecule has 0 saturated carbocycles. The minimum Gasteiger partial charge on any atom is -0.325 e. The minimum atomic E-state index is -0.131. The van der Waals surface area contributed by atoms with E-state index in [0.29, 0.717) is 28.3 Å². The van der Waals surface area contributed by atoms with Crippen molar-refractivity contribution in [2.75, 3.05) is 11.1 Å². The van der Waals surface area contributed by atoms with Gasteiger partial charge in [-0.15, -0.1) is 16.8 Å². The van der Waals surface area contributed by atoms with E-state index in [4.69, 9.17) is 11.6 Å². The lowest BCUT2D eigenvalue weighted by Gasteiger charge is -2.10. The Morgan fingerprint density at radius 2 is 2.00 bits per heavy atom. The van der Waals surface area contributed by atoms with Crippen LogP contribution in [0, 0.1) is 0 Å². The van der Waals surface area contributed by atoms with Crippen LogP contribution >= 0.6 is 23.4 Å². The van der Waals surface area contributed by atoms with Gasteiger partial charge in [0.2, 0.25) is 5.91 Å². The summed E-state index contributed by atoms with van der Waals surface area (Å²) in [7, 11) is 0. The summed E-state index contributed by atoms with van der Waals surface area (Å²) < 4.78 is 1.97. The third-order valence-corrected chi connectivity index (χ3v) is 5.51. The highest BCUT2D eigenvalue weighted by Crippen LogP contribution is 2.26. The molecule has 0 unspecified atom stereocenters. The van der Waals surface area contributed by atoms with Gasteiger partial charge >= 0.3 is 0 Å². The molecule has 0 bridgehead atoms. The van der Waals surface area contributed by atoms with Crippen molar-refractivity contribution in [1.29, 1.82) is 0 Å². The number of nitrogens with zero attached hydrogens (tertiary/aromatic N) is 3. The third-order valence-electron chi connectivity index (χ3n) is 4.30. The molecule has 3 aromatic rings. The molecule has 1 N–H and O–H groups in total. The van der Waals surface area contributed by atoms with Crippen LogP contribution in [0.5, 0.6) is 0 Å². The van der Waals surface area contributed by atoms with Crippen molar-refractivity contribution >= 4 is 35.0 Å². The number of nitrogens with one attached hydrogen (secondary N) is 1. The Balaban J connectivity index is 1.72. The van der Waals surface area contributed by atoms with E-state index < -0.39 is 0 Å². The molecule has 0 aliphatic carbocycles. The average Bonchev–Trinajstić information content (AvgIpc) is 3.09. The Bertz CT molecular complexity index is 998. The number of anilines is 1. The second kappa shape index (κ2) is 9.76. The molecule has 0 aliphatic heterocycles. The van der Waals surface area contributed by atoms with Crippen molar-refractivity contribution in [3.05, 3.63) is 71.8 Å². The molecule has 3 rings (SSSR count). The largest absolute Gasteiger partial charge is 0.325 e. The molecule has 0 fully saturated rings. The first-order chi connectivity index (χ1) is 14.0. The number of carbonyl (C=O) groups excluding carboxylic acids is 1. The molecule has 29 heavy (non-hydrogen) atoms. The number of rotatable bonds is 8. The van der Waals surface area contributed by atoms with Gasteiger partial charge in [-0.05, 0) is 29.7 Å². The molecule has 0 saturated heterocycles. The topological polar surface area (TPSA) is 59.8 Å². The molecule has 0 atom stereocenters. The molecule has 0 radical (unpaired) electrons.